The lowest BCUT2D eigenvalue weighted by Gasteiger charge is -2.26. The van der Waals surface area contributed by atoms with E-state index in [1.165, 1.54) is 0 Å². The van der Waals surface area contributed by atoms with Crippen LogP contribution in [0.3, 0.4) is 0 Å². The number of nitrogens with one attached hydrogen (secondary N) is 2. The first kappa shape index (κ1) is 18.5. The Balaban J connectivity index is 1.69. The molecule has 2 aromatic carbocycles. The van der Waals surface area contributed by atoms with Crippen LogP contribution < -0.4 is 20.7 Å². The van der Waals surface area contributed by atoms with E-state index >= 15 is 0 Å². The number of rotatable bonds is 4. The van der Waals surface area contributed by atoms with Crippen molar-refractivity contribution in [3.05, 3.63) is 54.1 Å². The molecule has 0 bridgehead atoms. The summed E-state index contributed by atoms with van der Waals surface area (Å²) in [6, 6.07) is 15.1. The maximum atomic E-state index is 13.3. The molecule has 1 saturated heterocycles. The van der Waals surface area contributed by atoms with E-state index in [0.29, 0.717) is 18.0 Å². The van der Waals surface area contributed by atoms with Gasteiger partial charge in [-0.15, -0.1) is 0 Å². The summed E-state index contributed by atoms with van der Waals surface area (Å²) in [7, 11) is 1.61. The van der Waals surface area contributed by atoms with E-state index in [0.717, 1.165) is 17.0 Å². The minimum Gasteiger partial charge on any atom is -0.497 e. The summed E-state index contributed by atoms with van der Waals surface area (Å²) in [4.78, 5) is 26.4. The molecule has 3 atom stereocenters. The van der Waals surface area contributed by atoms with E-state index < -0.39 is 11.5 Å². The average Bonchev–Trinajstić information content (AvgIpc) is 3.23. The van der Waals surface area contributed by atoms with Crippen molar-refractivity contribution in [1.29, 1.82) is 0 Å². The van der Waals surface area contributed by atoms with Crippen molar-refractivity contribution < 1.29 is 19.6 Å². The molecule has 0 unspecified atom stereocenters. The lowest BCUT2D eigenvalue weighted by molar-refractivity contribution is -0.736. The predicted molar refractivity (Wildman–Crippen MR) is 107 cm³/mol. The highest BCUT2D eigenvalue weighted by atomic mass is 16.5. The van der Waals surface area contributed by atoms with Crippen molar-refractivity contribution in [1.82, 2.24) is 0 Å². The molecule has 2 heterocycles. The number of hydrogen-bond acceptors (Lipinski definition) is 3. The number of ether oxygens (including phenoxy) is 1. The molecule has 2 amide bonds. The van der Waals surface area contributed by atoms with Gasteiger partial charge in [0, 0.05) is 23.6 Å². The number of quaternary nitrogens is 1. The van der Waals surface area contributed by atoms with Crippen molar-refractivity contribution in [2.24, 2.45) is 11.8 Å². The number of carbonyl (C=O) groups is 2. The van der Waals surface area contributed by atoms with Crippen molar-refractivity contribution in [3.63, 3.8) is 0 Å². The number of para-hydroxylation sites is 1. The molecule has 0 radical (unpaired) electrons. The SMILES string of the molecule is COc1ccc(NC(=O)[C@H]2C[C@H](C(C)C)[NH2+][C@]23C(=O)Nc2ccccc23)cc1. The van der Waals surface area contributed by atoms with E-state index in [2.05, 4.69) is 29.8 Å². The Hall–Kier alpha value is -2.86. The van der Waals surface area contributed by atoms with E-state index in [1.54, 1.807) is 19.2 Å². The molecule has 146 valence electrons. The van der Waals surface area contributed by atoms with Crippen LogP contribution in [0.25, 0.3) is 0 Å². The minimum absolute atomic E-state index is 0.105. The summed E-state index contributed by atoms with van der Waals surface area (Å²) in [5.41, 5.74) is 1.48. The van der Waals surface area contributed by atoms with Gasteiger partial charge in [0.15, 0.2) is 0 Å². The molecule has 2 aromatic rings. The van der Waals surface area contributed by atoms with Crippen LogP contribution in [0.4, 0.5) is 11.4 Å². The number of amides is 2. The number of methoxy groups -OCH3 is 1. The van der Waals surface area contributed by atoms with Gasteiger partial charge in [0.25, 0.3) is 5.91 Å². The second-order valence-electron chi connectivity index (χ2n) is 7.95. The minimum atomic E-state index is -0.915. The third-order valence-corrected chi connectivity index (χ3v) is 6.06. The molecule has 2 aliphatic heterocycles. The fraction of sp³-hybridized carbons (Fsp3) is 0.364. The highest BCUT2D eigenvalue weighted by molar-refractivity contribution is 6.09. The predicted octanol–water partition coefficient (Wildman–Crippen LogP) is 2.09. The molecule has 4 N–H and O–H groups in total. The lowest BCUT2D eigenvalue weighted by atomic mass is 9.79. The van der Waals surface area contributed by atoms with Crippen LogP contribution in [-0.2, 0) is 15.1 Å². The van der Waals surface area contributed by atoms with Crippen LogP contribution in [0.5, 0.6) is 5.75 Å². The van der Waals surface area contributed by atoms with Crippen molar-refractivity contribution in [2.75, 3.05) is 17.7 Å². The Morgan fingerprint density at radius 1 is 1.21 bits per heavy atom. The topological polar surface area (TPSA) is 84.0 Å². The lowest BCUT2D eigenvalue weighted by Crippen LogP contribution is -2.99. The number of benzene rings is 2. The molecule has 4 rings (SSSR count). The molecule has 0 aromatic heterocycles. The second kappa shape index (κ2) is 6.95. The molecule has 28 heavy (non-hydrogen) atoms. The first-order chi connectivity index (χ1) is 13.5. The fourth-order valence-corrected chi connectivity index (χ4v) is 4.47. The second-order valence-corrected chi connectivity index (χ2v) is 7.95. The van der Waals surface area contributed by atoms with E-state index in [9.17, 15) is 9.59 Å². The third-order valence-electron chi connectivity index (χ3n) is 6.06. The molecule has 0 aliphatic carbocycles. The molecule has 6 nitrogen and oxygen atoms in total. The number of hydrogen-bond donors (Lipinski definition) is 3. The molecular weight excluding hydrogens is 354 g/mol. The van der Waals surface area contributed by atoms with Gasteiger partial charge in [0.05, 0.1) is 18.8 Å². The van der Waals surface area contributed by atoms with Gasteiger partial charge < -0.3 is 20.7 Å². The maximum Gasteiger partial charge on any atom is 0.291 e. The molecule has 0 saturated carbocycles. The third kappa shape index (κ3) is 2.85. The van der Waals surface area contributed by atoms with Gasteiger partial charge in [-0.1, -0.05) is 32.0 Å². The Bertz CT molecular complexity index is 909. The summed E-state index contributed by atoms with van der Waals surface area (Å²) >= 11 is 0. The highest BCUT2D eigenvalue weighted by Gasteiger charge is 2.64. The van der Waals surface area contributed by atoms with Gasteiger partial charge >= 0.3 is 0 Å². The quantitative estimate of drug-likeness (QED) is 0.759. The molecule has 6 heteroatoms. The Labute approximate surface area is 164 Å². The van der Waals surface area contributed by atoms with Crippen LogP contribution in [0.2, 0.25) is 0 Å². The monoisotopic (exact) mass is 380 g/mol. The largest absolute Gasteiger partial charge is 0.497 e. The zero-order valence-electron chi connectivity index (χ0n) is 16.4. The summed E-state index contributed by atoms with van der Waals surface area (Å²) in [6.45, 7) is 4.27. The van der Waals surface area contributed by atoms with Gasteiger partial charge in [-0.2, -0.15) is 0 Å². The summed E-state index contributed by atoms with van der Waals surface area (Å²) in [5, 5.41) is 8.10. The van der Waals surface area contributed by atoms with Gasteiger partial charge in [-0.3, -0.25) is 9.59 Å². The molecule has 1 fully saturated rings. The zero-order valence-corrected chi connectivity index (χ0v) is 16.4. The Morgan fingerprint density at radius 3 is 2.61 bits per heavy atom. The van der Waals surface area contributed by atoms with Crippen LogP contribution in [0.1, 0.15) is 25.8 Å². The van der Waals surface area contributed by atoms with E-state index in [4.69, 9.17) is 4.74 Å². The number of anilines is 2. The van der Waals surface area contributed by atoms with Crippen LogP contribution >= 0.6 is 0 Å². The molecule has 2 aliphatic rings. The van der Waals surface area contributed by atoms with Gasteiger partial charge in [0.2, 0.25) is 11.4 Å². The summed E-state index contributed by atoms with van der Waals surface area (Å²) < 4.78 is 5.17. The molecule has 1 spiro atoms. The number of nitrogens with two attached hydrogens (primary N) is 1. The zero-order chi connectivity index (χ0) is 19.9. The Morgan fingerprint density at radius 2 is 1.93 bits per heavy atom. The van der Waals surface area contributed by atoms with Crippen molar-refractivity contribution >= 4 is 23.2 Å². The standard InChI is InChI=1S/C22H25N3O3/c1-13(2)19-12-17(20(26)23-14-8-10-15(28-3)11-9-14)22(25-19)16-6-4-5-7-18(16)24-21(22)27/h4-11,13,17,19,25H,12H2,1-3H3,(H,23,26)(H,24,27)/p+1/t17-,19-,22+/m1/s1. The first-order valence-electron chi connectivity index (χ1n) is 9.67. The van der Waals surface area contributed by atoms with Gasteiger partial charge in [-0.05, 0) is 30.3 Å². The van der Waals surface area contributed by atoms with Crippen molar-refractivity contribution in [3.8, 4) is 5.75 Å². The van der Waals surface area contributed by atoms with Gasteiger partial charge in [-0.25, -0.2) is 0 Å². The number of fused-ring (bicyclic) bond motifs is 2. The summed E-state index contributed by atoms with van der Waals surface area (Å²) in [5.74, 6) is 0.401. The van der Waals surface area contributed by atoms with Crippen LogP contribution in [0.15, 0.2) is 48.5 Å². The first-order valence-corrected chi connectivity index (χ1v) is 9.67. The fourth-order valence-electron chi connectivity index (χ4n) is 4.47. The maximum absolute atomic E-state index is 13.3. The van der Waals surface area contributed by atoms with Crippen molar-refractivity contribution in [2.45, 2.75) is 31.8 Å². The average molecular weight is 380 g/mol. The Kier molecular flexibility index (Phi) is 4.59. The van der Waals surface area contributed by atoms with E-state index in [1.807, 2.05) is 36.4 Å². The van der Waals surface area contributed by atoms with Crippen LogP contribution in [-0.4, -0.2) is 25.0 Å². The van der Waals surface area contributed by atoms with Gasteiger partial charge in [0.1, 0.15) is 11.7 Å². The van der Waals surface area contributed by atoms with Crippen LogP contribution in [0, 0.1) is 11.8 Å². The normalized spacial score (nSPS) is 25.6. The number of carbonyl (C=O) groups excluding carboxylic acids is 2. The molecular formula is C22H26N3O3+. The summed E-state index contributed by atoms with van der Waals surface area (Å²) in [6.07, 6.45) is 0.654. The van der Waals surface area contributed by atoms with E-state index in [-0.39, 0.29) is 17.9 Å². The highest BCUT2D eigenvalue weighted by Crippen LogP contribution is 2.43. The smallest absolute Gasteiger partial charge is 0.291 e.